The Morgan fingerprint density at radius 2 is 2.24 bits per heavy atom. The third-order valence-electron chi connectivity index (χ3n) is 2.31. The fourth-order valence-electron chi connectivity index (χ4n) is 1.36. The summed E-state index contributed by atoms with van der Waals surface area (Å²) in [5.41, 5.74) is 0.228. The average Bonchev–Trinajstić information content (AvgIpc) is 2.97. The van der Waals surface area contributed by atoms with Gasteiger partial charge in [-0.3, -0.25) is 4.79 Å². The minimum atomic E-state index is -0.592. The maximum absolute atomic E-state index is 12.0. The first kappa shape index (κ1) is 15.3. The molecule has 1 heterocycles. The van der Waals surface area contributed by atoms with Crippen LogP contribution in [0, 0.1) is 11.3 Å². The van der Waals surface area contributed by atoms with Crippen LogP contribution >= 0.6 is 34.5 Å². The molecule has 0 aliphatic carbocycles. The molecule has 0 fully saturated rings. The molecule has 0 aliphatic heterocycles. The Bertz CT molecular complexity index is 722. The summed E-state index contributed by atoms with van der Waals surface area (Å²) in [7, 11) is 0. The Morgan fingerprint density at radius 3 is 2.90 bits per heavy atom. The van der Waals surface area contributed by atoms with E-state index in [0.717, 1.165) is 0 Å². The monoisotopic (exact) mass is 338 g/mol. The first-order valence-electron chi connectivity index (χ1n) is 5.63. The number of halogens is 2. The molecule has 106 valence electrons. The van der Waals surface area contributed by atoms with E-state index in [9.17, 15) is 4.79 Å². The molecule has 0 spiro atoms. The molecule has 0 aliphatic rings. The standard InChI is InChI=1S/C13H8Cl2N4OS/c14-9-1-2-10(15)11(5-9)19-12(20)8(6-16)7-18-13-17-3-4-21-13/h1-5,7H,(H,17,18)(H,19,20)/b8-7-. The van der Waals surface area contributed by atoms with E-state index in [4.69, 9.17) is 28.5 Å². The number of anilines is 2. The maximum atomic E-state index is 12.0. The molecule has 0 bridgehead atoms. The van der Waals surface area contributed by atoms with Crippen LogP contribution in [0.15, 0.2) is 41.5 Å². The van der Waals surface area contributed by atoms with Crippen molar-refractivity contribution < 1.29 is 4.79 Å². The number of nitrogens with one attached hydrogen (secondary N) is 2. The van der Waals surface area contributed by atoms with E-state index < -0.39 is 5.91 Å². The van der Waals surface area contributed by atoms with Crippen LogP contribution in [0.2, 0.25) is 10.0 Å². The van der Waals surface area contributed by atoms with Crippen molar-refractivity contribution in [1.82, 2.24) is 4.98 Å². The van der Waals surface area contributed by atoms with Gasteiger partial charge in [-0.05, 0) is 18.2 Å². The molecule has 0 atom stereocenters. The summed E-state index contributed by atoms with van der Waals surface area (Å²) in [6, 6.07) is 6.47. The first-order chi connectivity index (χ1) is 10.1. The van der Waals surface area contributed by atoms with Crippen molar-refractivity contribution in [3.05, 3.63) is 51.6 Å². The zero-order valence-corrected chi connectivity index (χ0v) is 12.8. The van der Waals surface area contributed by atoms with Gasteiger partial charge in [0.15, 0.2) is 5.13 Å². The van der Waals surface area contributed by atoms with Crippen LogP contribution in [0.25, 0.3) is 0 Å². The van der Waals surface area contributed by atoms with E-state index >= 15 is 0 Å². The van der Waals surface area contributed by atoms with Crippen LogP contribution in [0.3, 0.4) is 0 Å². The van der Waals surface area contributed by atoms with Gasteiger partial charge < -0.3 is 10.6 Å². The van der Waals surface area contributed by atoms with Crippen molar-refractivity contribution >= 4 is 51.3 Å². The number of amides is 1. The molecule has 2 rings (SSSR count). The van der Waals surface area contributed by atoms with Crippen LogP contribution in [-0.2, 0) is 4.79 Å². The highest BCUT2D eigenvalue weighted by Gasteiger charge is 2.11. The summed E-state index contributed by atoms with van der Waals surface area (Å²) in [6.07, 6.45) is 2.89. The minimum absolute atomic E-state index is 0.110. The number of nitriles is 1. The second-order valence-electron chi connectivity index (χ2n) is 3.73. The van der Waals surface area contributed by atoms with Crippen molar-refractivity contribution in [2.24, 2.45) is 0 Å². The Balaban J connectivity index is 2.12. The third-order valence-corrected chi connectivity index (χ3v) is 3.58. The maximum Gasteiger partial charge on any atom is 0.267 e. The number of benzene rings is 1. The lowest BCUT2D eigenvalue weighted by molar-refractivity contribution is -0.112. The summed E-state index contributed by atoms with van der Waals surface area (Å²) in [4.78, 5) is 16.0. The predicted molar refractivity (Wildman–Crippen MR) is 84.5 cm³/mol. The molecular formula is C13H8Cl2N4OS. The van der Waals surface area contributed by atoms with Gasteiger partial charge in [-0.15, -0.1) is 11.3 Å². The number of hydrogen-bond acceptors (Lipinski definition) is 5. The molecule has 21 heavy (non-hydrogen) atoms. The second-order valence-corrected chi connectivity index (χ2v) is 5.47. The zero-order chi connectivity index (χ0) is 15.2. The minimum Gasteiger partial charge on any atom is -0.337 e. The Kier molecular flexibility index (Phi) is 5.17. The van der Waals surface area contributed by atoms with Gasteiger partial charge in [0, 0.05) is 22.8 Å². The second kappa shape index (κ2) is 7.09. The lowest BCUT2D eigenvalue weighted by Gasteiger charge is -2.07. The number of carbonyl (C=O) groups excluding carboxylic acids is 1. The molecule has 0 saturated heterocycles. The van der Waals surface area contributed by atoms with Gasteiger partial charge in [-0.1, -0.05) is 23.2 Å². The zero-order valence-electron chi connectivity index (χ0n) is 10.4. The molecule has 2 aromatic rings. The van der Waals surface area contributed by atoms with Crippen molar-refractivity contribution in [2.45, 2.75) is 0 Å². The van der Waals surface area contributed by atoms with Gasteiger partial charge in [0.25, 0.3) is 5.91 Å². The van der Waals surface area contributed by atoms with E-state index in [1.807, 2.05) is 0 Å². The van der Waals surface area contributed by atoms with Crippen LogP contribution in [0.4, 0.5) is 10.8 Å². The van der Waals surface area contributed by atoms with Gasteiger partial charge in [0.05, 0.1) is 10.7 Å². The van der Waals surface area contributed by atoms with Gasteiger partial charge in [0.1, 0.15) is 11.6 Å². The van der Waals surface area contributed by atoms with Crippen molar-refractivity contribution in [3.8, 4) is 6.07 Å². The quantitative estimate of drug-likeness (QED) is 0.654. The Hall–Kier alpha value is -2.07. The summed E-state index contributed by atoms with van der Waals surface area (Å²) in [6.45, 7) is 0. The highest BCUT2D eigenvalue weighted by molar-refractivity contribution is 7.13. The van der Waals surface area contributed by atoms with E-state index in [1.54, 1.807) is 29.8 Å². The fourth-order valence-corrected chi connectivity index (χ4v) is 2.20. The first-order valence-corrected chi connectivity index (χ1v) is 7.26. The van der Waals surface area contributed by atoms with E-state index in [-0.39, 0.29) is 5.57 Å². The number of thiazole rings is 1. The molecule has 1 amide bonds. The number of carbonyl (C=O) groups is 1. The lowest BCUT2D eigenvalue weighted by atomic mass is 10.2. The largest absolute Gasteiger partial charge is 0.337 e. The van der Waals surface area contributed by atoms with Crippen molar-refractivity contribution in [2.75, 3.05) is 10.6 Å². The number of hydrogen-bond donors (Lipinski definition) is 2. The van der Waals surface area contributed by atoms with Crippen LogP contribution in [0.1, 0.15) is 0 Å². The summed E-state index contributed by atoms with van der Waals surface area (Å²) >= 11 is 13.1. The van der Waals surface area contributed by atoms with Gasteiger partial charge in [-0.2, -0.15) is 5.26 Å². The topological polar surface area (TPSA) is 77.8 Å². The van der Waals surface area contributed by atoms with E-state index in [2.05, 4.69) is 15.6 Å². The van der Waals surface area contributed by atoms with E-state index in [1.165, 1.54) is 23.6 Å². The number of aromatic nitrogens is 1. The summed E-state index contributed by atoms with van der Waals surface area (Å²) in [5.74, 6) is -0.592. The van der Waals surface area contributed by atoms with Gasteiger partial charge >= 0.3 is 0 Å². The predicted octanol–water partition coefficient (Wildman–Crippen LogP) is 3.91. The highest BCUT2D eigenvalue weighted by atomic mass is 35.5. The average molecular weight is 339 g/mol. The van der Waals surface area contributed by atoms with Crippen molar-refractivity contribution in [1.29, 1.82) is 5.26 Å². The Labute approximate surface area is 134 Å². The van der Waals surface area contributed by atoms with Gasteiger partial charge in [0.2, 0.25) is 0 Å². The third kappa shape index (κ3) is 4.20. The summed E-state index contributed by atoms with van der Waals surface area (Å²) in [5, 5.41) is 17.4. The molecule has 0 saturated carbocycles. The summed E-state index contributed by atoms with van der Waals surface area (Å²) < 4.78 is 0. The SMILES string of the molecule is N#C/C(=C/Nc1nccs1)C(=O)Nc1cc(Cl)ccc1Cl. The van der Waals surface area contributed by atoms with Crippen LogP contribution in [-0.4, -0.2) is 10.9 Å². The van der Waals surface area contributed by atoms with E-state index in [0.29, 0.717) is 20.9 Å². The Morgan fingerprint density at radius 1 is 1.43 bits per heavy atom. The molecule has 1 aromatic carbocycles. The van der Waals surface area contributed by atoms with Crippen LogP contribution in [0.5, 0.6) is 0 Å². The molecule has 8 heteroatoms. The number of rotatable bonds is 4. The number of nitrogens with zero attached hydrogens (tertiary/aromatic N) is 2. The molecule has 0 unspecified atom stereocenters. The van der Waals surface area contributed by atoms with Crippen LogP contribution < -0.4 is 10.6 Å². The lowest BCUT2D eigenvalue weighted by Crippen LogP contribution is -2.14. The fraction of sp³-hybridized carbons (Fsp3) is 0. The molecule has 0 radical (unpaired) electrons. The normalized spacial score (nSPS) is 10.8. The smallest absolute Gasteiger partial charge is 0.267 e. The molecule has 2 N–H and O–H groups in total. The molecule has 5 nitrogen and oxygen atoms in total. The van der Waals surface area contributed by atoms with Gasteiger partial charge in [-0.25, -0.2) is 4.98 Å². The molecule has 1 aromatic heterocycles. The highest BCUT2D eigenvalue weighted by Crippen LogP contribution is 2.25. The molecular weight excluding hydrogens is 331 g/mol. The van der Waals surface area contributed by atoms with Crippen molar-refractivity contribution in [3.63, 3.8) is 0 Å².